The molecule has 0 aromatic heterocycles. The fourth-order valence-corrected chi connectivity index (χ4v) is 2.24. The Hall–Kier alpha value is -1.76. The molecular weight excluding hydrogens is 191 g/mol. The van der Waals surface area contributed by atoms with Gasteiger partial charge in [0.05, 0.1) is 0 Å². The molecule has 0 heterocycles. The summed E-state index contributed by atoms with van der Waals surface area (Å²) in [6, 6.07) is 17.8. The maximum Gasteiger partial charge on any atom is 0.139 e. The van der Waals surface area contributed by atoms with Gasteiger partial charge in [0, 0.05) is 0 Å². The number of rotatable bonds is 0. The van der Waals surface area contributed by atoms with Gasteiger partial charge in [-0.25, -0.2) is 0 Å². The van der Waals surface area contributed by atoms with Gasteiger partial charge in [0.2, 0.25) is 0 Å². The van der Waals surface area contributed by atoms with Crippen molar-refractivity contribution >= 4 is 34.9 Å². The maximum absolute atomic E-state index is 2.27. The van der Waals surface area contributed by atoms with Crippen molar-refractivity contribution in [2.45, 2.75) is 6.92 Å². The van der Waals surface area contributed by atoms with Crippen molar-refractivity contribution in [3.63, 3.8) is 0 Å². The van der Waals surface area contributed by atoms with E-state index in [1.54, 1.807) is 0 Å². The first kappa shape index (κ1) is 9.47. The molecule has 0 amide bonds. The van der Waals surface area contributed by atoms with Gasteiger partial charge in [0.1, 0.15) is 7.85 Å². The molecule has 1 heteroatoms. The van der Waals surface area contributed by atoms with E-state index in [1.165, 1.54) is 32.6 Å². The first-order valence-electron chi connectivity index (χ1n) is 5.63. The third-order valence-corrected chi connectivity index (χ3v) is 3.11. The molecular formula is C15H13B. The van der Waals surface area contributed by atoms with Crippen LogP contribution in [0.2, 0.25) is 0 Å². The second-order valence-electron chi connectivity index (χ2n) is 4.55. The highest BCUT2D eigenvalue weighted by molar-refractivity contribution is 6.33. The van der Waals surface area contributed by atoms with Gasteiger partial charge >= 0.3 is 0 Å². The standard InChI is InChI=1S/C15H13B/c1-10-2-3-11-8-14-9-15(16)5-4-12(14)7-13(11)6-10/h2-9H,16H2,1H3. The molecule has 3 aromatic rings. The number of hydrogen-bond donors (Lipinski definition) is 0. The predicted octanol–water partition coefficient (Wildman–Crippen LogP) is 2.56. The van der Waals surface area contributed by atoms with E-state index in [2.05, 4.69) is 63.3 Å². The molecule has 0 bridgehead atoms. The largest absolute Gasteiger partial charge is 0.139 e. The maximum atomic E-state index is 2.27. The summed E-state index contributed by atoms with van der Waals surface area (Å²) in [6.45, 7) is 2.14. The Labute approximate surface area is 96.3 Å². The van der Waals surface area contributed by atoms with Crippen LogP contribution >= 0.6 is 0 Å². The summed E-state index contributed by atoms with van der Waals surface area (Å²) in [5, 5.41) is 5.31. The fourth-order valence-electron chi connectivity index (χ4n) is 2.24. The summed E-state index contributed by atoms with van der Waals surface area (Å²) in [6.07, 6.45) is 0. The summed E-state index contributed by atoms with van der Waals surface area (Å²) in [5.41, 5.74) is 2.64. The zero-order valence-corrected chi connectivity index (χ0v) is 9.62. The van der Waals surface area contributed by atoms with E-state index in [1.807, 2.05) is 0 Å². The van der Waals surface area contributed by atoms with Crippen molar-refractivity contribution in [2.24, 2.45) is 0 Å². The monoisotopic (exact) mass is 204 g/mol. The Kier molecular flexibility index (Phi) is 2.00. The van der Waals surface area contributed by atoms with Gasteiger partial charge in [-0.15, -0.1) is 0 Å². The summed E-state index contributed by atoms with van der Waals surface area (Å²) in [7, 11) is 2.14. The highest BCUT2D eigenvalue weighted by Crippen LogP contribution is 2.22. The van der Waals surface area contributed by atoms with E-state index >= 15 is 0 Å². The topological polar surface area (TPSA) is 0 Å². The highest BCUT2D eigenvalue weighted by atomic mass is 14.0. The lowest BCUT2D eigenvalue weighted by Crippen LogP contribution is -1.99. The van der Waals surface area contributed by atoms with Crippen LogP contribution in [0.25, 0.3) is 21.5 Å². The molecule has 16 heavy (non-hydrogen) atoms. The van der Waals surface area contributed by atoms with Crippen molar-refractivity contribution in [3.8, 4) is 0 Å². The average Bonchev–Trinajstić information content (AvgIpc) is 2.26. The molecule has 0 fully saturated rings. The summed E-state index contributed by atoms with van der Waals surface area (Å²) >= 11 is 0. The normalized spacial score (nSPS) is 11.1. The van der Waals surface area contributed by atoms with Crippen molar-refractivity contribution in [1.29, 1.82) is 0 Å². The Morgan fingerprint density at radius 1 is 0.688 bits per heavy atom. The van der Waals surface area contributed by atoms with Gasteiger partial charge in [-0.3, -0.25) is 0 Å². The number of hydrogen-bond acceptors (Lipinski definition) is 0. The molecule has 0 aliphatic rings. The number of benzene rings is 3. The fraction of sp³-hybridized carbons (Fsp3) is 0.0667. The van der Waals surface area contributed by atoms with Crippen LogP contribution in [0.1, 0.15) is 5.56 Å². The van der Waals surface area contributed by atoms with Crippen LogP contribution in [0.15, 0.2) is 48.5 Å². The minimum atomic E-state index is 1.32. The average molecular weight is 204 g/mol. The zero-order valence-electron chi connectivity index (χ0n) is 9.62. The Bertz CT molecular complexity index is 622. The van der Waals surface area contributed by atoms with Gasteiger partial charge < -0.3 is 0 Å². The van der Waals surface area contributed by atoms with Crippen LogP contribution in [-0.4, -0.2) is 7.85 Å². The van der Waals surface area contributed by atoms with E-state index in [-0.39, 0.29) is 0 Å². The van der Waals surface area contributed by atoms with Gasteiger partial charge in [-0.1, -0.05) is 47.4 Å². The minimum absolute atomic E-state index is 1.32. The van der Waals surface area contributed by atoms with E-state index in [9.17, 15) is 0 Å². The van der Waals surface area contributed by atoms with Crippen LogP contribution < -0.4 is 5.46 Å². The first-order chi connectivity index (χ1) is 7.72. The van der Waals surface area contributed by atoms with E-state index in [4.69, 9.17) is 0 Å². The van der Waals surface area contributed by atoms with Gasteiger partial charge in [0.25, 0.3) is 0 Å². The lowest BCUT2D eigenvalue weighted by molar-refractivity contribution is 1.51. The highest BCUT2D eigenvalue weighted by Gasteiger charge is 1.98. The summed E-state index contributed by atoms with van der Waals surface area (Å²) < 4.78 is 0. The lowest BCUT2D eigenvalue weighted by atomic mass is 9.92. The minimum Gasteiger partial charge on any atom is -0.0883 e. The van der Waals surface area contributed by atoms with Gasteiger partial charge in [-0.2, -0.15) is 0 Å². The van der Waals surface area contributed by atoms with Gasteiger partial charge in [-0.05, 0) is 40.6 Å². The molecule has 0 atom stereocenters. The quantitative estimate of drug-likeness (QED) is 0.390. The molecule has 0 spiro atoms. The van der Waals surface area contributed by atoms with Crippen molar-refractivity contribution < 1.29 is 0 Å². The van der Waals surface area contributed by atoms with Crippen LogP contribution in [0.5, 0.6) is 0 Å². The van der Waals surface area contributed by atoms with E-state index in [0.717, 1.165) is 0 Å². The van der Waals surface area contributed by atoms with Crippen LogP contribution in [0.3, 0.4) is 0 Å². The smallest absolute Gasteiger partial charge is 0.0883 e. The molecule has 0 saturated heterocycles. The third-order valence-electron chi connectivity index (χ3n) is 3.11. The molecule has 0 saturated carbocycles. The predicted molar refractivity (Wildman–Crippen MR) is 74.4 cm³/mol. The molecule has 3 aromatic carbocycles. The molecule has 0 aliphatic carbocycles. The third kappa shape index (κ3) is 1.49. The van der Waals surface area contributed by atoms with Crippen LogP contribution in [0, 0.1) is 6.92 Å². The molecule has 76 valence electrons. The number of aryl methyl sites for hydroxylation is 1. The van der Waals surface area contributed by atoms with Crippen molar-refractivity contribution in [3.05, 3.63) is 54.1 Å². The number of fused-ring (bicyclic) bond motifs is 2. The Morgan fingerprint density at radius 3 is 2.06 bits per heavy atom. The van der Waals surface area contributed by atoms with Crippen LogP contribution in [-0.2, 0) is 0 Å². The molecule has 0 radical (unpaired) electrons. The van der Waals surface area contributed by atoms with E-state index < -0.39 is 0 Å². The Morgan fingerprint density at radius 2 is 1.31 bits per heavy atom. The molecule has 3 rings (SSSR count). The van der Waals surface area contributed by atoms with Crippen LogP contribution in [0.4, 0.5) is 0 Å². The molecule has 0 aliphatic heterocycles. The van der Waals surface area contributed by atoms with Crippen molar-refractivity contribution in [2.75, 3.05) is 0 Å². The molecule has 0 N–H and O–H groups in total. The SMILES string of the molecule is Bc1ccc2cc3cc(C)ccc3cc2c1. The second-order valence-corrected chi connectivity index (χ2v) is 4.55. The Balaban J connectivity index is 2.44. The van der Waals surface area contributed by atoms with E-state index in [0.29, 0.717) is 0 Å². The summed E-state index contributed by atoms with van der Waals surface area (Å²) in [5.74, 6) is 0. The molecule has 0 unspecified atom stereocenters. The molecule has 0 nitrogen and oxygen atoms in total. The van der Waals surface area contributed by atoms with Gasteiger partial charge in [0.15, 0.2) is 0 Å². The second kappa shape index (κ2) is 3.38. The zero-order chi connectivity index (χ0) is 11.1. The lowest BCUT2D eigenvalue weighted by Gasteiger charge is -2.04. The summed E-state index contributed by atoms with van der Waals surface area (Å²) in [4.78, 5) is 0. The van der Waals surface area contributed by atoms with Crippen molar-refractivity contribution in [1.82, 2.24) is 0 Å². The first-order valence-corrected chi connectivity index (χ1v) is 5.63.